The highest BCUT2D eigenvalue weighted by Gasteiger charge is 2.18. The number of carbonyl (C=O) groups excluding carboxylic acids is 1. The lowest BCUT2D eigenvalue weighted by Crippen LogP contribution is -2.10. The van der Waals surface area contributed by atoms with Crippen LogP contribution in [0.4, 0.5) is 0 Å². The van der Waals surface area contributed by atoms with Gasteiger partial charge >= 0.3 is 5.97 Å². The van der Waals surface area contributed by atoms with Crippen LogP contribution < -0.4 is 0 Å². The zero-order chi connectivity index (χ0) is 13.8. The molecule has 0 amide bonds. The maximum atomic E-state index is 11.8. The summed E-state index contributed by atoms with van der Waals surface area (Å²) in [6.45, 7) is 4.94. The predicted octanol–water partition coefficient (Wildman–Crippen LogP) is 3.45. The molecule has 0 aliphatic rings. The Balaban J connectivity index is 2.36. The Labute approximate surface area is 113 Å². The molecule has 0 aliphatic carbocycles. The molecule has 0 saturated carbocycles. The van der Waals surface area contributed by atoms with Crippen molar-refractivity contribution in [2.24, 2.45) is 0 Å². The van der Waals surface area contributed by atoms with Gasteiger partial charge in [-0.3, -0.25) is 0 Å². The minimum absolute atomic E-state index is 0.268. The molecule has 1 aromatic carbocycles. The molecule has 1 aromatic heterocycles. The summed E-state index contributed by atoms with van der Waals surface area (Å²) in [6, 6.07) is 12.1. The molecule has 0 bridgehead atoms. The zero-order valence-electron chi connectivity index (χ0n) is 11.6. The Bertz CT molecular complexity index is 555. The first-order chi connectivity index (χ1) is 9.13. The van der Waals surface area contributed by atoms with Crippen molar-refractivity contribution in [3.63, 3.8) is 0 Å². The van der Waals surface area contributed by atoms with E-state index in [9.17, 15) is 4.79 Å². The van der Waals surface area contributed by atoms with Gasteiger partial charge in [0.25, 0.3) is 0 Å². The maximum absolute atomic E-state index is 11.8. The summed E-state index contributed by atoms with van der Waals surface area (Å²) >= 11 is 0. The standard InChI is InChI=1S/C16H19NO2/c1-12(2)15-14(16(18)19-3)9-10-17(15)11-13-7-5-4-6-8-13/h4-10,12H,11H2,1-3H3. The van der Waals surface area contributed by atoms with E-state index in [1.807, 2.05) is 30.5 Å². The fraction of sp³-hybridized carbons (Fsp3) is 0.312. The van der Waals surface area contributed by atoms with Gasteiger partial charge in [-0.05, 0) is 17.5 Å². The summed E-state index contributed by atoms with van der Waals surface area (Å²) in [5.41, 5.74) is 2.90. The van der Waals surface area contributed by atoms with Gasteiger partial charge in [0.1, 0.15) is 0 Å². The van der Waals surface area contributed by atoms with Gasteiger partial charge in [0.05, 0.1) is 12.7 Å². The second-order valence-corrected chi connectivity index (χ2v) is 4.87. The molecule has 19 heavy (non-hydrogen) atoms. The highest BCUT2D eigenvalue weighted by Crippen LogP contribution is 2.22. The van der Waals surface area contributed by atoms with E-state index in [0.29, 0.717) is 5.56 Å². The van der Waals surface area contributed by atoms with Gasteiger partial charge < -0.3 is 9.30 Å². The quantitative estimate of drug-likeness (QED) is 0.786. The number of benzene rings is 1. The zero-order valence-corrected chi connectivity index (χ0v) is 11.6. The van der Waals surface area contributed by atoms with Crippen LogP contribution in [0.3, 0.4) is 0 Å². The lowest BCUT2D eigenvalue weighted by molar-refractivity contribution is 0.0599. The Kier molecular flexibility index (Phi) is 4.05. The number of nitrogens with zero attached hydrogens (tertiary/aromatic N) is 1. The molecule has 2 rings (SSSR count). The third-order valence-electron chi connectivity index (χ3n) is 3.15. The van der Waals surface area contributed by atoms with Crippen LogP contribution in [0, 0.1) is 0 Å². The summed E-state index contributed by atoms with van der Waals surface area (Å²) < 4.78 is 6.96. The first-order valence-electron chi connectivity index (χ1n) is 6.44. The third kappa shape index (κ3) is 2.87. The molecule has 3 heteroatoms. The molecule has 0 N–H and O–H groups in total. The van der Waals surface area contributed by atoms with Gasteiger partial charge in [-0.15, -0.1) is 0 Å². The topological polar surface area (TPSA) is 31.2 Å². The van der Waals surface area contributed by atoms with Gasteiger partial charge in [0, 0.05) is 18.4 Å². The van der Waals surface area contributed by atoms with Gasteiger partial charge in [0.15, 0.2) is 0 Å². The monoisotopic (exact) mass is 257 g/mol. The number of ether oxygens (including phenoxy) is 1. The summed E-state index contributed by atoms with van der Waals surface area (Å²) in [5.74, 6) is 0.00308. The van der Waals surface area contributed by atoms with Gasteiger partial charge in [-0.1, -0.05) is 44.2 Å². The molecule has 0 unspecified atom stereocenters. The Hall–Kier alpha value is -2.03. The number of rotatable bonds is 4. The molecule has 0 atom stereocenters. The van der Waals surface area contributed by atoms with Crippen LogP contribution in [0.25, 0.3) is 0 Å². The molecule has 3 nitrogen and oxygen atoms in total. The Morgan fingerprint density at radius 1 is 1.21 bits per heavy atom. The molecular formula is C16H19NO2. The van der Waals surface area contributed by atoms with Crippen LogP contribution in [0.1, 0.15) is 41.4 Å². The van der Waals surface area contributed by atoms with E-state index in [1.54, 1.807) is 0 Å². The number of hydrogen-bond acceptors (Lipinski definition) is 2. The lowest BCUT2D eigenvalue weighted by atomic mass is 10.1. The molecular weight excluding hydrogens is 238 g/mol. The first-order valence-corrected chi connectivity index (χ1v) is 6.44. The van der Waals surface area contributed by atoms with E-state index in [0.717, 1.165) is 12.2 Å². The number of methoxy groups -OCH3 is 1. The van der Waals surface area contributed by atoms with Crippen molar-refractivity contribution >= 4 is 5.97 Å². The Morgan fingerprint density at radius 3 is 2.47 bits per heavy atom. The Morgan fingerprint density at radius 2 is 1.89 bits per heavy atom. The van der Waals surface area contributed by atoms with Crippen LogP contribution in [0.2, 0.25) is 0 Å². The molecule has 0 spiro atoms. The third-order valence-corrected chi connectivity index (χ3v) is 3.15. The fourth-order valence-corrected chi connectivity index (χ4v) is 2.33. The largest absolute Gasteiger partial charge is 0.465 e. The van der Waals surface area contributed by atoms with Crippen molar-refractivity contribution in [3.05, 3.63) is 59.4 Å². The molecule has 1 heterocycles. The van der Waals surface area contributed by atoms with Gasteiger partial charge in [0.2, 0.25) is 0 Å². The number of aromatic nitrogens is 1. The smallest absolute Gasteiger partial charge is 0.339 e. The van der Waals surface area contributed by atoms with E-state index >= 15 is 0 Å². The van der Waals surface area contributed by atoms with Crippen molar-refractivity contribution < 1.29 is 9.53 Å². The average Bonchev–Trinajstić information content (AvgIpc) is 2.83. The second-order valence-electron chi connectivity index (χ2n) is 4.87. The van der Waals surface area contributed by atoms with E-state index < -0.39 is 0 Å². The summed E-state index contributed by atoms with van der Waals surface area (Å²) in [6.07, 6.45) is 1.95. The second kappa shape index (κ2) is 5.74. The van der Waals surface area contributed by atoms with Crippen molar-refractivity contribution in [1.29, 1.82) is 0 Å². The van der Waals surface area contributed by atoms with Crippen molar-refractivity contribution in [2.75, 3.05) is 7.11 Å². The van der Waals surface area contributed by atoms with E-state index in [-0.39, 0.29) is 11.9 Å². The maximum Gasteiger partial charge on any atom is 0.339 e. The predicted molar refractivity (Wildman–Crippen MR) is 75.4 cm³/mol. The van der Waals surface area contributed by atoms with E-state index in [1.165, 1.54) is 12.7 Å². The van der Waals surface area contributed by atoms with Crippen LogP contribution in [-0.2, 0) is 11.3 Å². The lowest BCUT2D eigenvalue weighted by Gasteiger charge is -2.14. The summed E-state index contributed by atoms with van der Waals surface area (Å²) in [5, 5.41) is 0. The van der Waals surface area contributed by atoms with Gasteiger partial charge in [-0.2, -0.15) is 0 Å². The fourth-order valence-electron chi connectivity index (χ4n) is 2.33. The van der Waals surface area contributed by atoms with Crippen LogP contribution >= 0.6 is 0 Å². The first kappa shape index (κ1) is 13.4. The minimum atomic E-state index is -0.268. The molecule has 2 aromatic rings. The van der Waals surface area contributed by atoms with Crippen LogP contribution in [0.15, 0.2) is 42.6 Å². The highest BCUT2D eigenvalue weighted by molar-refractivity contribution is 5.91. The SMILES string of the molecule is COC(=O)c1ccn(Cc2ccccc2)c1C(C)C. The van der Waals surface area contributed by atoms with Gasteiger partial charge in [-0.25, -0.2) is 4.79 Å². The average molecular weight is 257 g/mol. The summed E-state index contributed by atoms with van der Waals surface area (Å²) in [7, 11) is 1.42. The number of esters is 1. The van der Waals surface area contributed by atoms with Crippen LogP contribution in [0.5, 0.6) is 0 Å². The van der Waals surface area contributed by atoms with Crippen LogP contribution in [-0.4, -0.2) is 17.6 Å². The normalized spacial score (nSPS) is 10.7. The molecule has 0 radical (unpaired) electrons. The molecule has 0 aliphatic heterocycles. The highest BCUT2D eigenvalue weighted by atomic mass is 16.5. The minimum Gasteiger partial charge on any atom is -0.465 e. The van der Waals surface area contributed by atoms with Crippen molar-refractivity contribution in [3.8, 4) is 0 Å². The summed E-state index contributed by atoms with van der Waals surface area (Å²) in [4.78, 5) is 11.8. The number of carbonyl (C=O) groups is 1. The molecule has 0 saturated heterocycles. The van der Waals surface area contributed by atoms with Crippen molar-refractivity contribution in [2.45, 2.75) is 26.3 Å². The molecule has 100 valence electrons. The van der Waals surface area contributed by atoms with E-state index in [4.69, 9.17) is 4.74 Å². The van der Waals surface area contributed by atoms with E-state index in [2.05, 4.69) is 30.5 Å². The molecule has 0 fully saturated rings. The number of hydrogen-bond donors (Lipinski definition) is 0. The van der Waals surface area contributed by atoms with Crippen molar-refractivity contribution in [1.82, 2.24) is 4.57 Å².